The second-order valence-electron chi connectivity index (χ2n) is 6.01. The number of methoxy groups -OCH3 is 1. The molecule has 27 heavy (non-hydrogen) atoms. The van der Waals surface area contributed by atoms with E-state index in [4.69, 9.17) is 9.47 Å². The maximum Gasteiger partial charge on any atom is 0.259 e. The van der Waals surface area contributed by atoms with Crippen molar-refractivity contribution in [3.8, 4) is 11.5 Å². The average Bonchev–Trinajstić information content (AvgIpc) is 3.01. The zero-order chi connectivity index (χ0) is 19.4. The van der Waals surface area contributed by atoms with E-state index in [0.717, 1.165) is 0 Å². The van der Waals surface area contributed by atoms with Crippen molar-refractivity contribution in [2.24, 2.45) is 0 Å². The van der Waals surface area contributed by atoms with Crippen LogP contribution in [-0.2, 0) is 10.0 Å². The number of ether oxygens (including phenoxy) is 2. The van der Waals surface area contributed by atoms with Gasteiger partial charge in [-0.15, -0.1) is 0 Å². The lowest BCUT2D eigenvalue weighted by atomic mass is 10.1. The van der Waals surface area contributed by atoms with E-state index in [1.54, 1.807) is 42.5 Å². The van der Waals surface area contributed by atoms with Gasteiger partial charge in [-0.3, -0.25) is 9.10 Å². The fourth-order valence-electron chi connectivity index (χ4n) is 3.00. The van der Waals surface area contributed by atoms with E-state index in [1.807, 2.05) is 6.92 Å². The van der Waals surface area contributed by atoms with Crippen LogP contribution in [0.15, 0.2) is 42.5 Å². The molecule has 0 spiro atoms. The Hall–Kier alpha value is -2.74. The van der Waals surface area contributed by atoms with Crippen LogP contribution in [0.3, 0.4) is 0 Å². The summed E-state index contributed by atoms with van der Waals surface area (Å²) < 4.78 is 36.5. The van der Waals surface area contributed by atoms with Crippen LogP contribution in [0, 0.1) is 0 Å². The Bertz CT molecular complexity index is 943. The van der Waals surface area contributed by atoms with Crippen molar-refractivity contribution in [2.45, 2.75) is 13.3 Å². The van der Waals surface area contributed by atoms with Gasteiger partial charge >= 0.3 is 0 Å². The van der Waals surface area contributed by atoms with Crippen molar-refractivity contribution in [1.29, 1.82) is 0 Å². The minimum Gasteiger partial charge on any atom is -0.495 e. The molecule has 0 unspecified atom stereocenters. The smallest absolute Gasteiger partial charge is 0.259 e. The number of hydrogen-bond acceptors (Lipinski definition) is 5. The lowest BCUT2D eigenvalue weighted by Crippen LogP contribution is -2.25. The van der Waals surface area contributed by atoms with Crippen LogP contribution in [0.5, 0.6) is 11.5 Å². The molecule has 7 nitrogen and oxygen atoms in total. The van der Waals surface area contributed by atoms with Gasteiger partial charge < -0.3 is 14.8 Å². The molecule has 8 heteroatoms. The van der Waals surface area contributed by atoms with Crippen molar-refractivity contribution < 1.29 is 22.7 Å². The molecule has 0 saturated carbocycles. The van der Waals surface area contributed by atoms with Crippen molar-refractivity contribution in [3.05, 3.63) is 48.0 Å². The highest BCUT2D eigenvalue weighted by molar-refractivity contribution is 7.93. The summed E-state index contributed by atoms with van der Waals surface area (Å²) in [6.45, 7) is 2.71. The first-order chi connectivity index (χ1) is 13.0. The van der Waals surface area contributed by atoms with Crippen LogP contribution in [0.1, 0.15) is 23.7 Å². The highest BCUT2D eigenvalue weighted by Crippen LogP contribution is 2.33. The quantitative estimate of drug-likeness (QED) is 0.820. The molecule has 0 bridgehead atoms. The molecule has 1 aliphatic rings. The molecule has 2 aromatic rings. The molecule has 0 aliphatic carbocycles. The minimum atomic E-state index is -3.31. The van der Waals surface area contributed by atoms with Gasteiger partial charge in [0.25, 0.3) is 5.91 Å². The summed E-state index contributed by atoms with van der Waals surface area (Å²) in [6, 6.07) is 11.9. The first kappa shape index (κ1) is 19.0. The summed E-state index contributed by atoms with van der Waals surface area (Å²) in [7, 11) is -1.82. The van der Waals surface area contributed by atoms with Crippen molar-refractivity contribution >= 4 is 27.3 Å². The van der Waals surface area contributed by atoms with Gasteiger partial charge in [-0.1, -0.05) is 12.1 Å². The predicted octanol–water partition coefficient (Wildman–Crippen LogP) is 2.89. The molecule has 1 heterocycles. The maximum atomic E-state index is 12.8. The highest BCUT2D eigenvalue weighted by atomic mass is 32.2. The SMILES string of the molecule is CCOc1ccccc1C(=O)Nc1cc(N2CCCS2(=O)=O)ccc1OC. The molecule has 1 fully saturated rings. The number of hydrogen-bond donors (Lipinski definition) is 1. The Morgan fingerprint density at radius 1 is 1.19 bits per heavy atom. The molecule has 3 rings (SSSR count). The molecule has 1 saturated heterocycles. The van der Waals surface area contributed by atoms with Gasteiger partial charge in [-0.25, -0.2) is 8.42 Å². The standard InChI is InChI=1S/C19H22N2O5S/c1-3-26-17-8-5-4-7-15(17)19(22)20-16-13-14(9-10-18(16)25-2)21-11-6-12-27(21,23)24/h4-5,7-10,13H,3,6,11-12H2,1-2H3,(H,20,22). The number of anilines is 2. The predicted molar refractivity (Wildman–Crippen MR) is 104 cm³/mol. The van der Waals surface area contributed by atoms with Crippen molar-refractivity contribution in [3.63, 3.8) is 0 Å². The molecule has 144 valence electrons. The normalized spacial score (nSPS) is 15.4. The van der Waals surface area contributed by atoms with Crippen LogP contribution in [0.4, 0.5) is 11.4 Å². The van der Waals surface area contributed by atoms with Crippen LogP contribution in [-0.4, -0.2) is 40.3 Å². The number of para-hydroxylation sites is 1. The molecule has 1 amide bonds. The van der Waals surface area contributed by atoms with Crippen molar-refractivity contribution in [2.75, 3.05) is 35.6 Å². The molecular formula is C19H22N2O5S. The molecule has 0 atom stereocenters. The third-order valence-corrected chi connectivity index (χ3v) is 6.12. The van der Waals surface area contributed by atoms with Crippen molar-refractivity contribution in [1.82, 2.24) is 0 Å². The molecule has 1 aliphatic heterocycles. The number of nitrogens with one attached hydrogen (secondary N) is 1. The Labute approximate surface area is 158 Å². The number of rotatable bonds is 6. The fraction of sp³-hybridized carbons (Fsp3) is 0.316. The second-order valence-corrected chi connectivity index (χ2v) is 8.02. The third kappa shape index (κ3) is 4.00. The first-order valence-electron chi connectivity index (χ1n) is 8.68. The van der Waals surface area contributed by atoms with Gasteiger partial charge in [-0.2, -0.15) is 0 Å². The number of carbonyl (C=O) groups is 1. The molecular weight excluding hydrogens is 368 g/mol. The summed E-state index contributed by atoms with van der Waals surface area (Å²) in [6.07, 6.45) is 0.581. The Morgan fingerprint density at radius 3 is 2.63 bits per heavy atom. The van der Waals surface area contributed by atoms with Gasteiger partial charge in [0.2, 0.25) is 10.0 Å². The van der Waals surface area contributed by atoms with Gasteiger partial charge in [0.1, 0.15) is 11.5 Å². The third-order valence-electron chi connectivity index (χ3n) is 4.25. The number of amides is 1. The van der Waals surface area contributed by atoms with Crippen LogP contribution in [0.25, 0.3) is 0 Å². The van der Waals surface area contributed by atoms with E-state index in [0.29, 0.717) is 48.0 Å². The van der Waals surface area contributed by atoms with E-state index in [1.165, 1.54) is 11.4 Å². The van der Waals surface area contributed by atoms with Crippen LogP contribution in [0.2, 0.25) is 0 Å². The van der Waals surface area contributed by atoms with E-state index in [9.17, 15) is 13.2 Å². The molecule has 0 radical (unpaired) electrons. The Balaban J connectivity index is 1.92. The lowest BCUT2D eigenvalue weighted by molar-refractivity contribution is 0.102. The number of benzene rings is 2. The highest BCUT2D eigenvalue weighted by Gasteiger charge is 2.29. The monoisotopic (exact) mass is 390 g/mol. The number of carbonyl (C=O) groups excluding carboxylic acids is 1. The first-order valence-corrected chi connectivity index (χ1v) is 10.3. The largest absolute Gasteiger partial charge is 0.495 e. The number of sulfonamides is 1. The average molecular weight is 390 g/mol. The maximum absolute atomic E-state index is 12.8. The van der Waals surface area contributed by atoms with Gasteiger partial charge in [0.15, 0.2) is 0 Å². The Morgan fingerprint density at radius 2 is 1.96 bits per heavy atom. The van der Waals surface area contributed by atoms with Gasteiger partial charge in [0, 0.05) is 6.54 Å². The van der Waals surface area contributed by atoms with E-state index < -0.39 is 10.0 Å². The summed E-state index contributed by atoms with van der Waals surface area (Å²) in [5.41, 5.74) is 1.29. The summed E-state index contributed by atoms with van der Waals surface area (Å²) >= 11 is 0. The summed E-state index contributed by atoms with van der Waals surface area (Å²) in [4.78, 5) is 12.8. The fourth-order valence-corrected chi connectivity index (χ4v) is 4.56. The molecule has 2 aromatic carbocycles. The second kappa shape index (κ2) is 7.87. The van der Waals surface area contributed by atoms with Crippen LogP contribution >= 0.6 is 0 Å². The summed E-state index contributed by atoms with van der Waals surface area (Å²) in [5, 5.41) is 2.80. The topological polar surface area (TPSA) is 84.9 Å². The number of nitrogens with zero attached hydrogens (tertiary/aromatic N) is 1. The zero-order valence-electron chi connectivity index (χ0n) is 15.3. The molecule has 1 N–H and O–H groups in total. The van der Waals surface area contributed by atoms with Crippen LogP contribution < -0.4 is 19.1 Å². The lowest BCUT2D eigenvalue weighted by Gasteiger charge is -2.19. The van der Waals surface area contributed by atoms with Gasteiger partial charge in [0.05, 0.1) is 36.4 Å². The Kier molecular flexibility index (Phi) is 5.55. The summed E-state index contributed by atoms with van der Waals surface area (Å²) in [5.74, 6) is 0.689. The zero-order valence-corrected chi connectivity index (χ0v) is 16.1. The van der Waals surface area contributed by atoms with Gasteiger partial charge in [-0.05, 0) is 43.7 Å². The molecule has 0 aromatic heterocycles. The van der Waals surface area contributed by atoms with E-state index in [2.05, 4.69) is 5.32 Å². The van der Waals surface area contributed by atoms with E-state index in [-0.39, 0.29) is 11.7 Å². The minimum absolute atomic E-state index is 0.127. The van der Waals surface area contributed by atoms with E-state index >= 15 is 0 Å².